The molecular formula is C33H41N3O2. The molecule has 38 heavy (non-hydrogen) atoms. The van der Waals surface area contributed by atoms with Crippen LogP contribution in [0, 0.1) is 0 Å². The van der Waals surface area contributed by atoms with E-state index < -0.39 is 0 Å². The SMILES string of the molecule is CCCCC(=O)N(CCC(=O)N1CCN(C(c2ccccc2)c2ccccc2)CC1)C(C)c1ccccc1. The van der Waals surface area contributed by atoms with Crippen LogP contribution in [0.15, 0.2) is 91.0 Å². The molecule has 5 nitrogen and oxygen atoms in total. The second kappa shape index (κ2) is 13.9. The molecule has 0 bridgehead atoms. The van der Waals surface area contributed by atoms with Crippen molar-refractivity contribution in [2.45, 2.75) is 51.6 Å². The first kappa shape index (κ1) is 27.6. The molecule has 0 spiro atoms. The minimum Gasteiger partial charge on any atom is -0.340 e. The van der Waals surface area contributed by atoms with E-state index in [4.69, 9.17) is 0 Å². The Morgan fingerprint density at radius 3 is 1.74 bits per heavy atom. The smallest absolute Gasteiger partial charge is 0.224 e. The number of piperazine rings is 1. The molecule has 1 heterocycles. The normalized spacial score (nSPS) is 14.9. The highest BCUT2D eigenvalue weighted by molar-refractivity contribution is 5.79. The Labute approximate surface area is 228 Å². The van der Waals surface area contributed by atoms with Gasteiger partial charge in [0.25, 0.3) is 0 Å². The van der Waals surface area contributed by atoms with Crippen molar-refractivity contribution >= 4 is 11.8 Å². The molecule has 1 aliphatic rings. The summed E-state index contributed by atoms with van der Waals surface area (Å²) < 4.78 is 0. The number of carbonyl (C=O) groups is 2. The molecule has 200 valence electrons. The zero-order chi connectivity index (χ0) is 26.7. The first-order valence-electron chi connectivity index (χ1n) is 14.0. The van der Waals surface area contributed by atoms with Gasteiger partial charge in [-0.1, -0.05) is 104 Å². The van der Waals surface area contributed by atoms with Crippen LogP contribution < -0.4 is 0 Å². The summed E-state index contributed by atoms with van der Waals surface area (Å²) >= 11 is 0. The van der Waals surface area contributed by atoms with Gasteiger partial charge in [0.15, 0.2) is 0 Å². The van der Waals surface area contributed by atoms with E-state index in [-0.39, 0.29) is 23.9 Å². The van der Waals surface area contributed by atoms with Gasteiger partial charge in [0.05, 0.1) is 12.1 Å². The Bertz CT molecular complexity index is 1090. The van der Waals surface area contributed by atoms with Crippen LogP contribution in [0.2, 0.25) is 0 Å². The van der Waals surface area contributed by atoms with Crippen LogP contribution in [-0.2, 0) is 9.59 Å². The van der Waals surface area contributed by atoms with Crippen molar-refractivity contribution in [1.29, 1.82) is 0 Å². The predicted molar refractivity (Wildman–Crippen MR) is 154 cm³/mol. The molecule has 0 N–H and O–H groups in total. The van der Waals surface area contributed by atoms with Crippen LogP contribution in [0.3, 0.4) is 0 Å². The maximum atomic E-state index is 13.3. The van der Waals surface area contributed by atoms with Crippen LogP contribution in [0.5, 0.6) is 0 Å². The third-order valence-electron chi connectivity index (χ3n) is 7.64. The standard InChI is InChI=1S/C33H41N3O2/c1-3-4-20-32(38)36(27(2)28-14-8-5-9-15-28)22-21-31(37)34-23-25-35(26-24-34)33(29-16-10-6-11-17-29)30-18-12-7-13-19-30/h5-19,27,33H,3-4,20-26H2,1-2H3. The van der Waals surface area contributed by atoms with E-state index in [2.05, 4.69) is 91.5 Å². The lowest BCUT2D eigenvalue weighted by molar-refractivity contribution is -0.137. The van der Waals surface area contributed by atoms with Gasteiger partial charge in [-0.3, -0.25) is 14.5 Å². The molecule has 5 heteroatoms. The van der Waals surface area contributed by atoms with E-state index in [1.165, 1.54) is 11.1 Å². The number of rotatable bonds is 11. The lowest BCUT2D eigenvalue weighted by Crippen LogP contribution is -2.50. The lowest BCUT2D eigenvalue weighted by Gasteiger charge is -2.40. The Morgan fingerprint density at radius 2 is 1.24 bits per heavy atom. The first-order chi connectivity index (χ1) is 18.6. The van der Waals surface area contributed by atoms with E-state index in [1.807, 2.05) is 28.0 Å². The van der Waals surface area contributed by atoms with Crippen molar-refractivity contribution in [2.24, 2.45) is 0 Å². The molecular weight excluding hydrogens is 470 g/mol. The van der Waals surface area contributed by atoms with Gasteiger partial charge in [0.1, 0.15) is 0 Å². The van der Waals surface area contributed by atoms with Crippen LogP contribution in [0.1, 0.15) is 68.3 Å². The summed E-state index contributed by atoms with van der Waals surface area (Å²) in [6, 6.07) is 31.5. The van der Waals surface area contributed by atoms with Crippen LogP contribution in [0.25, 0.3) is 0 Å². The second-order valence-corrected chi connectivity index (χ2v) is 10.2. The van der Waals surface area contributed by atoms with Gasteiger partial charge in [0, 0.05) is 45.6 Å². The average molecular weight is 512 g/mol. The lowest BCUT2D eigenvalue weighted by atomic mass is 9.96. The van der Waals surface area contributed by atoms with E-state index >= 15 is 0 Å². The third kappa shape index (κ3) is 7.11. The number of benzene rings is 3. The van der Waals surface area contributed by atoms with E-state index in [9.17, 15) is 9.59 Å². The van der Waals surface area contributed by atoms with Crippen LogP contribution in [0.4, 0.5) is 0 Å². The van der Waals surface area contributed by atoms with Gasteiger partial charge < -0.3 is 9.80 Å². The fraction of sp³-hybridized carbons (Fsp3) is 0.394. The Balaban J connectivity index is 1.38. The Hall–Kier alpha value is -3.44. The molecule has 0 aromatic heterocycles. The zero-order valence-corrected chi connectivity index (χ0v) is 22.8. The van der Waals surface area contributed by atoms with Crippen molar-refractivity contribution in [3.8, 4) is 0 Å². The number of nitrogens with zero attached hydrogens (tertiary/aromatic N) is 3. The second-order valence-electron chi connectivity index (χ2n) is 10.2. The minimum absolute atomic E-state index is 0.0530. The summed E-state index contributed by atoms with van der Waals surface area (Å²) in [5.74, 6) is 0.267. The fourth-order valence-electron chi connectivity index (χ4n) is 5.41. The van der Waals surface area contributed by atoms with Crippen LogP contribution >= 0.6 is 0 Å². The molecule has 1 atom stereocenters. The number of hydrogen-bond acceptors (Lipinski definition) is 3. The van der Waals surface area contributed by atoms with Gasteiger partial charge in [-0.2, -0.15) is 0 Å². The van der Waals surface area contributed by atoms with Gasteiger partial charge in [0.2, 0.25) is 11.8 Å². The molecule has 1 aliphatic heterocycles. The van der Waals surface area contributed by atoms with Crippen molar-refractivity contribution in [3.63, 3.8) is 0 Å². The third-order valence-corrected chi connectivity index (χ3v) is 7.64. The highest BCUT2D eigenvalue weighted by Gasteiger charge is 2.29. The molecule has 3 aromatic rings. The van der Waals surface area contributed by atoms with Crippen molar-refractivity contribution in [2.75, 3.05) is 32.7 Å². The molecule has 1 fully saturated rings. The summed E-state index contributed by atoms with van der Waals surface area (Å²) in [5, 5.41) is 0. The maximum absolute atomic E-state index is 13.3. The number of hydrogen-bond donors (Lipinski definition) is 0. The topological polar surface area (TPSA) is 43.9 Å². The number of amides is 2. The highest BCUT2D eigenvalue weighted by atomic mass is 16.2. The highest BCUT2D eigenvalue weighted by Crippen LogP contribution is 2.29. The first-order valence-corrected chi connectivity index (χ1v) is 14.0. The van der Waals surface area contributed by atoms with Gasteiger partial charge >= 0.3 is 0 Å². The van der Waals surface area contributed by atoms with E-state index in [0.717, 1.165) is 31.5 Å². The monoisotopic (exact) mass is 511 g/mol. The summed E-state index contributed by atoms with van der Waals surface area (Å²) in [4.78, 5) is 32.7. The number of carbonyl (C=O) groups excluding carboxylic acids is 2. The molecule has 0 saturated carbocycles. The van der Waals surface area contributed by atoms with Gasteiger partial charge in [-0.25, -0.2) is 0 Å². The molecule has 1 saturated heterocycles. The van der Waals surface area contributed by atoms with Crippen molar-refractivity contribution < 1.29 is 9.59 Å². The number of unbranched alkanes of at least 4 members (excludes halogenated alkanes) is 1. The van der Waals surface area contributed by atoms with E-state index in [0.29, 0.717) is 32.5 Å². The van der Waals surface area contributed by atoms with E-state index in [1.54, 1.807) is 0 Å². The molecule has 3 aromatic carbocycles. The summed E-state index contributed by atoms with van der Waals surface area (Å²) in [7, 11) is 0. The van der Waals surface area contributed by atoms with Crippen molar-refractivity contribution in [3.05, 3.63) is 108 Å². The Morgan fingerprint density at radius 1 is 0.737 bits per heavy atom. The van der Waals surface area contributed by atoms with Crippen LogP contribution in [-0.4, -0.2) is 59.2 Å². The molecule has 0 radical (unpaired) electrons. The largest absolute Gasteiger partial charge is 0.340 e. The van der Waals surface area contributed by atoms with Gasteiger partial charge in [-0.05, 0) is 30.0 Å². The molecule has 4 rings (SSSR count). The zero-order valence-electron chi connectivity index (χ0n) is 22.8. The molecule has 1 unspecified atom stereocenters. The fourth-order valence-corrected chi connectivity index (χ4v) is 5.41. The molecule has 2 amide bonds. The molecule has 0 aliphatic carbocycles. The van der Waals surface area contributed by atoms with Gasteiger partial charge in [-0.15, -0.1) is 0 Å². The minimum atomic E-state index is -0.0530. The average Bonchev–Trinajstić information content (AvgIpc) is 2.98. The summed E-state index contributed by atoms with van der Waals surface area (Å²) in [5.41, 5.74) is 3.65. The predicted octanol–water partition coefficient (Wildman–Crippen LogP) is 6.09. The van der Waals surface area contributed by atoms with Crippen molar-refractivity contribution in [1.82, 2.24) is 14.7 Å². The maximum Gasteiger partial charge on any atom is 0.224 e. The quantitative estimate of drug-likeness (QED) is 0.313. The summed E-state index contributed by atoms with van der Waals surface area (Å²) in [6.07, 6.45) is 2.74. The Kier molecular flexibility index (Phi) is 10.1. The summed E-state index contributed by atoms with van der Waals surface area (Å²) in [6.45, 7) is 7.66.